The third-order valence-electron chi connectivity index (χ3n) is 1.58. The van der Waals surface area contributed by atoms with Gasteiger partial charge in [0.15, 0.2) is 0 Å². The van der Waals surface area contributed by atoms with Gasteiger partial charge in [0.25, 0.3) is 0 Å². The van der Waals surface area contributed by atoms with Crippen molar-refractivity contribution in [3.8, 4) is 0 Å². The molecule has 0 aromatic heterocycles. The number of hydrogen-bond acceptors (Lipinski definition) is 4. The van der Waals surface area contributed by atoms with Gasteiger partial charge >= 0.3 is 17.9 Å². The summed E-state index contributed by atoms with van der Waals surface area (Å²) in [6.07, 6.45) is 0. The first kappa shape index (κ1) is 26.8. The molecule has 7 nitrogen and oxygen atoms in total. The van der Waals surface area contributed by atoms with Crippen molar-refractivity contribution in [1.82, 2.24) is 4.90 Å². The maximum atomic E-state index is 10.5. The minimum absolute atomic E-state index is 0. The Kier molecular flexibility index (Phi) is 21.8. The second-order valence-corrected chi connectivity index (χ2v) is 2.71. The van der Waals surface area contributed by atoms with Crippen molar-refractivity contribution in [3.05, 3.63) is 0 Å². The van der Waals surface area contributed by atoms with Crippen molar-refractivity contribution in [1.29, 1.82) is 0 Å². The average molecular weight is 274 g/mol. The molecule has 0 heterocycles. The number of aliphatic carboxylic acids is 3. The van der Waals surface area contributed by atoms with Gasteiger partial charge in [0.1, 0.15) is 6.04 Å². The number of carbonyl (C=O) groups is 3. The normalized spacial score (nSPS) is 10.2. The Balaban J connectivity index is -0.000000282. The van der Waals surface area contributed by atoms with E-state index in [9.17, 15) is 14.4 Å². The summed E-state index contributed by atoms with van der Waals surface area (Å²) in [4.78, 5) is 31.9. The first-order valence-electron chi connectivity index (χ1n) is 3.75. The van der Waals surface area contributed by atoms with Crippen LogP contribution in [0.5, 0.6) is 0 Å². The molecular weight excluding hydrogens is 263 g/mol. The monoisotopic (exact) mass is 274 g/mol. The van der Waals surface area contributed by atoms with Crippen molar-refractivity contribution < 1.29 is 29.7 Å². The minimum Gasteiger partial charge on any atom is -0.480 e. The SMILES string of the molecule is C[C@@H](C(=O)O)N(CC(=O)O)CC(=O)O.[Na].[Na].[Na]. The molecule has 83 valence electrons. The Morgan fingerprint density at radius 1 is 0.941 bits per heavy atom. The third-order valence-corrected chi connectivity index (χ3v) is 1.58. The fourth-order valence-corrected chi connectivity index (χ4v) is 0.833. The van der Waals surface area contributed by atoms with Crippen molar-refractivity contribution in [2.45, 2.75) is 13.0 Å². The third kappa shape index (κ3) is 13.6. The Labute approximate surface area is 165 Å². The number of rotatable bonds is 6. The molecule has 17 heavy (non-hydrogen) atoms. The molecule has 0 bridgehead atoms. The Morgan fingerprint density at radius 3 is 1.41 bits per heavy atom. The predicted octanol–water partition coefficient (Wildman–Crippen LogP) is -2.21. The van der Waals surface area contributed by atoms with Crippen molar-refractivity contribution in [3.63, 3.8) is 0 Å². The van der Waals surface area contributed by atoms with E-state index < -0.39 is 37.0 Å². The van der Waals surface area contributed by atoms with Crippen LogP contribution in [0.15, 0.2) is 0 Å². The molecule has 0 aromatic carbocycles. The summed E-state index contributed by atoms with van der Waals surface area (Å²) < 4.78 is 0. The van der Waals surface area contributed by atoms with Crippen LogP contribution in [0.1, 0.15) is 6.92 Å². The van der Waals surface area contributed by atoms with E-state index in [1.54, 1.807) is 0 Å². The largest absolute Gasteiger partial charge is 0.480 e. The Bertz CT molecular complexity index is 246. The molecule has 0 saturated heterocycles. The molecule has 0 aromatic rings. The molecule has 3 N–H and O–H groups in total. The minimum atomic E-state index is -1.26. The van der Waals surface area contributed by atoms with Crippen LogP contribution >= 0.6 is 0 Å². The molecule has 0 rings (SSSR count). The number of carboxylic acid groups (broad SMARTS) is 3. The van der Waals surface area contributed by atoms with Gasteiger partial charge in [-0.1, -0.05) is 0 Å². The molecule has 0 amide bonds. The van der Waals surface area contributed by atoms with Crippen LogP contribution < -0.4 is 0 Å². The van der Waals surface area contributed by atoms with Crippen molar-refractivity contribution in [2.75, 3.05) is 13.1 Å². The van der Waals surface area contributed by atoms with E-state index in [-0.39, 0.29) is 88.7 Å². The summed E-state index contributed by atoms with van der Waals surface area (Å²) in [5.74, 6) is -3.79. The number of hydrogen-bond donors (Lipinski definition) is 3. The molecule has 0 aliphatic carbocycles. The van der Waals surface area contributed by atoms with Gasteiger partial charge < -0.3 is 15.3 Å². The molecule has 1 atom stereocenters. The van der Waals surface area contributed by atoms with Crippen LogP contribution in [0.2, 0.25) is 0 Å². The first-order valence-corrected chi connectivity index (χ1v) is 3.75. The molecule has 0 unspecified atom stereocenters. The second-order valence-electron chi connectivity index (χ2n) is 2.71. The molecule has 0 aliphatic heterocycles. The summed E-state index contributed by atoms with van der Waals surface area (Å²) in [7, 11) is 0. The maximum absolute atomic E-state index is 10.5. The van der Waals surface area contributed by atoms with Gasteiger partial charge in [0, 0.05) is 88.7 Å². The van der Waals surface area contributed by atoms with Crippen LogP contribution in [-0.4, -0.2) is 146 Å². The summed E-state index contributed by atoms with van der Waals surface area (Å²) in [6.45, 7) is 0.00769. The molecule has 0 spiro atoms. The van der Waals surface area contributed by atoms with Gasteiger partial charge in [-0.25, -0.2) is 0 Å². The summed E-state index contributed by atoms with van der Waals surface area (Å²) in [5.41, 5.74) is 0. The van der Waals surface area contributed by atoms with Gasteiger partial charge in [-0.15, -0.1) is 0 Å². The maximum Gasteiger partial charge on any atom is 0.320 e. The quantitative estimate of drug-likeness (QED) is 0.470. The average Bonchev–Trinajstić information content (AvgIpc) is 1.99. The Hall–Kier alpha value is 1.37. The van der Waals surface area contributed by atoms with E-state index >= 15 is 0 Å². The standard InChI is InChI=1S/C7H11NO6.3Na/c1-4(7(13)14)8(2-5(9)10)3-6(11)12;;;/h4H,2-3H2,1H3,(H,9,10)(H,11,12)(H,13,14);;;/t4-;;;/m0.../s1. The molecule has 3 radical (unpaired) electrons. The smallest absolute Gasteiger partial charge is 0.320 e. The zero-order valence-electron chi connectivity index (χ0n) is 10.5. The van der Waals surface area contributed by atoms with Crippen molar-refractivity contribution >= 4 is 107 Å². The van der Waals surface area contributed by atoms with Gasteiger partial charge in [-0.2, -0.15) is 0 Å². The summed E-state index contributed by atoms with van der Waals surface area (Å²) in [5, 5.41) is 25.4. The van der Waals surface area contributed by atoms with Crippen LogP contribution in [0.4, 0.5) is 0 Å². The van der Waals surface area contributed by atoms with E-state index in [1.807, 2.05) is 0 Å². The first-order chi connectivity index (χ1) is 6.34. The van der Waals surface area contributed by atoms with Gasteiger partial charge in [0.05, 0.1) is 13.1 Å². The number of nitrogens with zero attached hydrogens (tertiary/aromatic N) is 1. The van der Waals surface area contributed by atoms with Crippen molar-refractivity contribution in [2.24, 2.45) is 0 Å². The van der Waals surface area contributed by atoms with Crippen LogP contribution in [0, 0.1) is 0 Å². The fraction of sp³-hybridized carbons (Fsp3) is 0.571. The molecule has 0 fully saturated rings. The summed E-state index contributed by atoms with van der Waals surface area (Å²) >= 11 is 0. The van der Waals surface area contributed by atoms with Crippen LogP contribution in [0.25, 0.3) is 0 Å². The molecule has 10 heteroatoms. The second kappa shape index (κ2) is 13.8. The van der Waals surface area contributed by atoms with E-state index in [4.69, 9.17) is 15.3 Å². The Morgan fingerprint density at radius 2 is 1.24 bits per heavy atom. The van der Waals surface area contributed by atoms with E-state index in [2.05, 4.69) is 0 Å². The van der Waals surface area contributed by atoms with Crippen LogP contribution in [0.3, 0.4) is 0 Å². The molecule has 0 saturated carbocycles. The molecule has 0 aliphatic rings. The van der Waals surface area contributed by atoms with Gasteiger partial charge in [-0.3, -0.25) is 19.3 Å². The fourth-order valence-electron chi connectivity index (χ4n) is 0.833. The van der Waals surface area contributed by atoms with E-state index in [0.29, 0.717) is 0 Å². The van der Waals surface area contributed by atoms with Gasteiger partial charge in [0.2, 0.25) is 0 Å². The van der Waals surface area contributed by atoms with Crippen LogP contribution in [-0.2, 0) is 14.4 Å². The predicted molar refractivity (Wildman–Crippen MR) is 61.2 cm³/mol. The zero-order valence-corrected chi connectivity index (χ0v) is 16.5. The zero-order chi connectivity index (χ0) is 11.3. The summed E-state index contributed by atoms with van der Waals surface area (Å²) in [6, 6.07) is -1.14. The number of carboxylic acids is 3. The van der Waals surface area contributed by atoms with E-state index in [1.165, 1.54) is 6.92 Å². The van der Waals surface area contributed by atoms with Gasteiger partial charge in [-0.05, 0) is 6.92 Å². The van der Waals surface area contributed by atoms with E-state index in [0.717, 1.165) is 4.90 Å². The molecular formula is C7H11NNa3O6. The topological polar surface area (TPSA) is 115 Å².